The molecule has 0 bridgehead atoms. The van der Waals surface area contributed by atoms with Crippen LogP contribution in [-0.4, -0.2) is 27.5 Å². The Balaban J connectivity index is 1.89. The van der Waals surface area contributed by atoms with Crippen LogP contribution in [0.1, 0.15) is 38.6 Å². The zero-order valence-corrected chi connectivity index (χ0v) is 11.7. The molecular formula is C13H21N3S. The largest absolute Gasteiger partial charge is 0.309 e. The van der Waals surface area contributed by atoms with Gasteiger partial charge in [-0.1, -0.05) is 20.8 Å². The number of hydrogen-bond donors (Lipinski definition) is 1. The van der Waals surface area contributed by atoms with Crippen molar-refractivity contribution in [3.63, 3.8) is 0 Å². The van der Waals surface area contributed by atoms with Gasteiger partial charge in [0.25, 0.3) is 0 Å². The standard InChI is InChI=1S/C13H21N3S/c1-13(2,3)12-15-7-10(8-16-12)6-14-11-4-5-17-9-11/h7-8,11,14H,4-6,9H2,1-3H3. The number of rotatable bonds is 3. The van der Waals surface area contributed by atoms with Gasteiger partial charge in [-0.25, -0.2) is 9.97 Å². The van der Waals surface area contributed by atoms with Crippen LogP contribution in [0.4, 0.5) is 0 Å². The second-order valence-electron chi connectivity index (χ2n) is 5.61. The first-order chi connectivity index (χ1) is 8.05. The zero-order valence-electron chi connectivity index (χ0n) is 10.9. The van der Waals surface area contributed by atoms with E-state index in [0.717, 1.165) is 12.4 Å². The van der Waals surface area contributed by atoms with Crippen LogP contribution in [0.2, 0.25) is 0 Å². The first-order valence-corrected chi connectivity index (χ1v) is 7.34. The van der Waals surface area contributed by atoms with E-state index in [2.05, 4.69) is 36.1 Å². The summed E-state index contributed by atoms with van der Waals surface area (Å²) in [5.41, 5.74) is 1.21. The third-order valence-corrected chi connectivity index (χ3v) is 4.06. The van der Waals surface area contributed by atoms with Gasteiger partial charge in [-0.15, -0.1) is 0 Å². The van der Waals surface area contributed by atoms with Crippen LogP contribution in [0.25, 0.3) is 0 Å². The molecule has 1 aromatic heterocycles. The van der Waals surface area contributed by atoms with E-state index in [4.69, 9.17) is 0 Å². The minimum atomic E-state index is 0.0358. The lowest BCUT2D eigenvalue weighted by molar-refractivity contribution is 0.535. The highest BCUT2D eigenvalue weighted by Gasteiger charge is 2.17. The van der Waals surface area contributed by atoms with E-state index < -0.39 is 0 Å². The highest BCUT2D eigenvalue weighted by atomic mass is 32.2. The van der Waals surface area contributed by atoms with Gasteiger partial charge in [0.05, 0.1) is 0 Å². The van der Waals surface area contributed by atoms with E-state index in [1.807, 2.05) is 24.2 Å². The van der Waals surface area contributed by atoms with Gasteiger partial charge in [-0.3, -0.25) is 0 Å². The van der Waals surface area contributed by atoms with Crippen LogP contribution in [0, 0.1) is 0 Å². The highest BCUT2D eigenvalue weighted by Crippen LogP contribution is 2.18. The van der Waals surface area contributed by atoms with Gasteiger partial charge >= 0.3 is 0 Å². The molecule has 1 atom stereocenters. The molecule has 3 nitrogen and oxygen atoms in total. The average molecular weight is 251 g/mol. The van der Waals surface area contributed by atoms with Crippen molar-refractivity contribution in [1.29, 1.82) is 0 Å². The number of aromatic nitrogens is 2. The molecule has 0 radical (unpaired) electrons. The molecule has 0 amide bonds. The summed E-state index contributed by atoms with van der Waals surface area (Å²) < 4.78 is 0. The van der Waals surface area contributed by atoms with Gasteiger partial charge < -0.3 is 5.32 Å². The molecule has 1 aliphatic heterocycles. The molecule has 0 saturated carbocycles. The Morgan fingerprint density at radius 1 is 1.35 bits per heavy atom. The summed E-state index contributed by atoms with van der Waals surface area (Å²) in [5.74, 6) is 3.44. The van der Waals surface area contributed by atoms with Crippen LogP contribution in [0.5, 0.6) is 0 Å². The molecular weight excluding hydrogens is 230 g/mol. The van der Waals surface area contributed by atoms with Crippen molar-refractivity contribution in [2.45, 2.75) is 45.2 Å². The number of thioether (sulfide) groups is 1. The molecule has 1 aliphatic rings. The number of hydrogen-bond acceptors (Lipinski definition) is 4. The summed E-state index contributed by atoms with van der Waals surface area (Å²) in [7, 11) is 0. The van der Waals surface area contributed by atoms with E-state index in [1.165, 1.54) is 23.5 Å². The summed E-state index contributed by atoms with van der Waals surface area (Å²) in [5, 5.41) is 3.56. The summed E-state index contributed by atoms with van der Waals surface area (Å²) in [4.78, 5) is 8.88. The van der Waals surface area contributed by atoms with E-state index in [9.17, 15) is 0 Å². The van der Waals surface area contributed by atoms with Crippen LogP contribution >= 0.6 is 11.8 Å². The van der Waals surface area contributed by atoms with Crippen LogP contribution < -0.4 is 5.32 Å². The minimum absolute atomic E-state index is 0.0358. The Morgan fingerprint density at radius 2 is 2.06 bits per heavy atom. The molecule has 0 aliphatic carbocycles. The van der Waals surface area contributed by atoms with Crippen molar-refractivity contribution in [1.82, 2.24) is 15.3 Å². The van der Waals surface area contributed by atoms with E-state index >= 15 is 0 Å². The normalized spacial score (nSPS) is 20.8. The maximum atomic E-state index is 4.44. The average Bonchev–Trinajstić information content (AvgIpc) is 2.78. The van der Waals surface area contributed by atoms with Crippen molar-refractivity contribution >= 4 is 11.8 Å². The quantitative estimate of drug-likeness (QED) is 0.895. The first kappa shape index (κ1) is 12.8. The number of nitrogens with zero attached hydrogens (tertiary/aromatic N) is 2. The van der Waals surface area contributed by atoms with Crippen molar-refractivity contribution < 1.29 is 0 Å². The second kappa shape index (κ2) is 5.36. The molecule has 2 rings (SSSR count). The molecule has 4 heteroatoms. The Morgan fingerprint density at radius 3 is 2.59 bits per heavy atom. The van der Waals surface area contributed by atoms with Crippen LogP contribution in [0.3, 0.4) is 0 Å². The molecule has 1 fully saturated rings. The second-order valence-corrected chi connectivity index (χ2v) is 6.76. The Hall–Kier alpha value is -0.610. The van der Waals surface area contributed by atoms with E-state index in [-0.39, 0.29) is 5.41 Å². The van der Waals surface area contributed by atoms with Gasteiger partial charge in [-0.05, 0) is 12.2 Å². The molecule has 0 spiro atoms. The SMILES string of the molecule is CC(C)(C)c1ncc(CNC2CCSC2)cn1. The fourth-order valence-electron chi connectivity index (χ4n) is 1.79. The molecule has 1 N–H and O–H groups in total. The van der Waals surface area contributed by atoms with Gasteiger partial charge in [0.2, 0.25) is 0 Å². The predicted molar refractivity (Wildman–Crippen MR) is 73.3 cm³/mol. The zero-order chi connectivity index (χ0) is 12.3. The van der Waals surface area contributed by atoms with E-state index in [1.54, 1.807) is 0 Å². The Bertz CT molecular complexity index is 350. The van der Waals surface area contributed by atoms with Gasteiger partial charge in [0.15, 0.2) is 0 Å². The van der Waals surface area contributed by atoms with Crippen LogP contribution in [-0.2, 0) is 12.0 Å². The fourth-order valence-corrected chi connectivity index (χ4v) is 2.98. The lowest BCUT2D eigenvalue weighted by atomic mass is 9.96. The maximum absolute atomic E-state index is 4.44. The molecule has 2 heterocycles. The van der Waals surface area contributed by atoms with Gasteiger partial charge in [-0.2, -0.15) is 11.8 Å². The topological polar surface area (TPSA) is 37.8 Å². The minimum Gasteiger partial charge on any atom is -0.309 e. The van der Waals surface area contributed by atoms with Crippen molar-refractivity contribution in [2.24, 2.45) is 0 Å². The maximum Gasteiger partial charge on any atom is 0.133 e. The predicted octanol–water partition coefficient (Wildman–Crippen LogP) is 2.37. The third kappa shape index (κ3) is 3.68. The van der Waals surface area contributed by atoms with Crippen molar-refractivity contribution in [3.8, 4) is 0 Å². The molecule has 94 valence electrons. The molecule has 1 saturated heterocycles. The summed E-state index contributed by atoms with van der Waals surface area (Å²) in [6, 6.07) is 0.669. The van der Waals surface area contributed by atoms with Gasteiger partial charge in [0.1, 0.15) is 5.82 Å². The molecule has 1 aromatic rings. The van der Waals surface area contributed by atoms with Crippen molar-refractivity contribution in [2.75, 3.05) is 11.5 Å². The third-order valence-electron chi connectivity index (χ3n) is 2.90. The highest BCUT2D eigenvalue weighted by molar-refractivity contribution is 7.99. The molecule has 1 unspecified atom stereocenters. The summed E-state index contributed by atoms with van der Waals surface area (Å²) >= 11 is 2.03. The van der Waals surface area contributed by atoms with Crippen LogP contribution in [0.15, 0.2) is 12.4 Å². The Kier molecular flexibility index (Phi) is 4.05. The molecule has 17 heavy (non-hydrogen) atoms. The van der Waals surface area contributed by atoms with Gasteiger partial charge in [0, 0.05) is 41.7 Å². The summed E-state index contributed by atoms with van der Waals surface area (Å²) in [6.07, 6.45) is 5.18. The van der Waals surface area contributed by atoms with E-state index in [0.29, 0.717) is 6.04 Å². The molecule has 0 aromatic carbocycles. The van der Waals surface area contributed by atoms with Crippen molar-refractivity contribution in [3.05, 3.63) is 23.8 Å². The fraction of sp³-hybridized carbons (Fsp3) is 0.692. The summed E-state index contributed by atoms with van der Waals surface area (Å²) in [6.45, 7) is 7.29. The number of nitrogens with one attached hydrogen (secondary N) is 1. The first-order valence-electron chi connectivity index (χ1n) is 6.18. The smallest absolute Gasteiger partial charge is 0.133 e. The Labute approximate surface area is 108 Å². The lowest BCUT2D eigenvalue weighted by Crippen LogP contribution is -2.28. The lowest BCUT2D eigenvalue weighted by Gasteiger charge is -2.16. The monoisotopic (exact) mass is 251 g/mol.